The summed E-state index contributed by atoms with van der Waals surface area (Å²) < 4.78 is 2.41. The van der Waals surface area contributed by atoms with E-state index in [1.165, 1.54) is 37.8 Å². The van der Waals surface area contributed by atoms with Gasteiger partial charge >= 0.3 is 0 Å². The van der Waals surface area contributed by atoms with Crippen molar-refractivity contribution in [2.75, 3.05) is 0 Å². The van der Waals surface area contributed by atoms with Gasteiger partial charge in [-0.15, -0.1) is 11.8 Å². The molecule has 0 bridgehead atoms. The molecule has 52 heavy (non-hydrogen) atoms. The van der Waals surface area contributed by atoms with Crippen molar-refractivity contribution in [2.24, 2.45) is 0 Å². The van der Waals surface area contributed by atoms with Gasteiger partial charge in [0, 0.05) is 68.1 Å². The van der Waals surface area contributed by atoms with Crippen molar-refractivity contribution in [3.63, 3.8) is 0 Å². The topological polar surface area (TPSA) is 56.5 Å². The Morgan fingerprint density at radius 3 is 1.98 bits per heavy atom. The summed E-state index contributed by atoms with van der Waals surface area (Å²) in [4.78, 5) is 20.0. The summed E-state index contributed by atoms with van der Waals surface area (Å²) in [6.45, 7) is 0. The minimum absolute atomic E-state index is 0.417. The van der Waals surface area contributed by atoms with Crippen LogP contribution in [0.3, 0.4) is 0 Å². The molecule has 9 aromatic rings. The van der Waals surface area contributed by atoms with Crippen LogP contribution in [0.25, 0.3) is 72.5 Å². The average molecular weight is 686 g/mol. The first-order valence-corrected chi connectivity index (χ1v) is 18.3. The van der Waals surface area contributed by atoms with Crippen LogP contribution >= 0.6 is 11.8 Å². The zero-order valence-corrected chi connectivity index (χ0v) is 28.9. The minimum atomic E-state index is 0.417. The Labute approximate surface area is 305 Å². The fourth-order valence-corrected chi connectivity index (χ4v) is 8.91. The van der Waals surface area contributed by atoms with Crippen LogP contribution < -0.4 is 0 Å². The van der Waals surface area contributed by atoms with Crippen molar-refractivity contribution in [2.45, 2.75) is 16.6 Å². The lowest BCUT2D eigenvalue weighted by Gasteiger charge is -2.12. The number of nitrogens with zero attached hydrogens (tertiary/aromatic N) is 5. The SMILES string of the molecule is c1ccc(C2Cc3ccc4c(c3S2)c2ccccc2n4-c2cccc(-c3cc(-c4ccc(-c5ccncc5)cc4)nc(-c4ccncc4)n3)c2)cc1. The molecule has 1 aliphatic rings. The van der Waals surface area contributed by atoms with Crippen LogP contribution in [0, 0.1) is 0 Å². The van der Waals surface area contributed by atoms with Crippen LogP contribution in [0.4, 0.5) is 0 Å². The van der Waals surface area contributed by atoms with Crippen LogP contribution in [-0.2, 0) is 6.42 Å². The molecule has 0 spiro atoms. The molecular formula is C46H31N5S. The van der Waals surface area contributed by atoms with Crippen LogP contribution in [0.2, 0.25) is 0 Å². The Kier molecular flexibility index (Phi) is 7.47. The number of hydrogen-bond acceptors (Lipinski definition) is 5. The predicted octanol–water partition coefficient (Wildman–Crippen LogP) is 11.4. The van der Waals surface area contributed by atoms with Gasteiger partial charge in [-0.05, 0) is 83.3 Å². The number of thioether (sulfide) groups is 1. The summed E-state index contributed by atoms with van der Waals surface area (Å²) in [5.74, 6) is 0.663. The van der Waals surface area contributed by atoms with E-state index in [4.69, 9.17) is 9.97 Å². The summed E-state index contributed by atoms with van der Waals surface area (Å²) in [5.41, 5.74) is 13.3. The summed E-state index contributed by atoms with van der Waals surface area (Å²) in [6, 6.07) is 51.7. The molecule has 0 N–H and O–H groups in total. The molecule has 0 fully saturated rings. The fourth-order valence-electron chi connectivity index (χ4n) is 7.44. The highest BCUT2D eigenvalue weighted by molar-refractivity contribution is 8.00. The second-order valence-electron chi connectivity index (χ2n) is 13.1. The number of hydrogen-bond donors (Lipinski definition) is 0. The highest BCUT2D eigenvalue weighted by Crippen LogP contribution is 2.51. The third-order valence-corrected chi connectivity index (χ3v) is 11.4. The smallest absolute Gasteiger partial charge is 0.160 e. The molecule has 0 saturated heterocycles. The molecule has 5 nitrogen and oxygen atoms in total. The van der Waals surface area contributed by atoms with Crippen molar-refractivity contribution in [1.29, 1.82) is 0 Å². The molecule has 0 aliphatic carbocycles. The summed E-state index contributed by atoms with van der Waals surface area (Å²) in [5, 5.41) is 3.03. The van der Waals surface area contributed by atoms with E-state index < -0.39 is 0 Å². The van der Waals surface area contributed by atoms with Gasteiger partial charge in [-0.25, -0.2) is 9.97 Å². The first kappa shape index (κ1) is 30.5. The maximum Gasteiger partial charge on any atom is 0.160 e. The normalized spacial score (nSPS) is 13.8. The Hall–Kier alpha value is -6.37. The molecular weight excluding hydrogens is 655 g/mol. The quantitative estimate of drug-likeness (QED) is 0.174. The summed E-state index contributed by atoms with van der Waals surface area (Å²) in [6.07, 6.45) is 8.25. The van der Waals surface area contributed by atoms with Crippen LogP contribution in [0.15, 0.2) is 175 Å². The van der Waals surface area contributed by atoms with Gasteiger partial charge in [-0.3, -0.25) is 9.97 Å². The maximum atomic E-state index is 5.14. The lowest BCUT2D eigenvalue weighted by atomic mass is 10.0. The molecule has 0 amide bonds. The predicted molar refractivity (Wildman–Crippen MR) is 212 cm³/mol. The van der Waals surface area contributed by atoms with Gasteiger partial charge in [-0.2, -0.15) is 0 Å². The van der Waals surface area contributed by atoms with E-state index in [-0.39, 0.29) is 0 Å². The van der Waals surface area contributed by atoms with E-state index in [2.05, 4.69) is 136 Å². The zero-order valence-electron chi connectivity index (χ0n) is 28.1. The fraction of sp³-hybridized carbons (Fsp3) is 0.0435. The number of benzene rings is 5. The summed E-state index contributed by atoms with van der Waals surface area (Å²) in [7, 11) is 0. The Balaban J connectivity index is 1.09. The number of para-hydroxylation sites is 1. The second kappa shape index (κ2) is 12.7. The Morgan fingerprint density at radius 1 is 0.519 bits per heavy atom. The highest BCUT2D eigenvalue weighted by Gasteiger charge is 2.28. The molecule has 246 valence electrons. The molecule has 1 atom stereocenters. The first-order valence-electron chi connectivity index (χ1n) is 17.4. The van der Waals surface area contributed by atoms with Gasteiger partial charge in [0.2, 0.25) is 0 Å². The van der Waals surface area contributed by atoms with Gasteiger partial charge in [0.15, 0.2) is 5.82 Å². The molecule has 1 unspecified atom stereocenters. The van der Waals surface area contributed by atoms with E-state index in [9.17, 15) is 0 Å². The van der Waals surface area contributed by atoms with Crippen LogP contribution in [-0.4, -0.2) is 24.5 Å². The lowest BCUT2D eigenvalue weighted by Crippen LogP contribution is -1.98. The zero-order chi connectivity index (χ0) is 34.4. The maximum absolute atomic E-state index is 5.14. The second-order valence-corrected chi connectivity index (χ2v) is 14.3. The van der Waals surface area contributed by atoms with Gasteiger partial charge in [0.05, 0.1) is 22.4 Å². The molecule has 0 saturated carbocycles. The first-order chi connectivity index (χ1) is 25.8. The molecule has 1 aliphatic heterocycles. The molecule has 5 heterocycles. The molecule has 5 aromatic carbocycles. The number of rotatable bonds is 6. The van der Waals surface area contributed by atoms with Crippen molar-refractivity contribution < 1.29 is 0 Å². The van der Waals surface area contributed by atoms with Crippen molar-refractivity contribution in [3.05, 3.63) is 182 Å². The number of pyridine rings is 2. The Bertz CT molecular complexity index is 2730. The van der Waals surface area contributed by atoms with Crippen molar-refractivity contribution >= 4 is 33.6 Å². The molecule has 6 heteroatoms. The minimum Gasteiger partial charge on any atom is -0.309 e. The van der Waals surface area contributed by atoms with E-state index in [1.807, 2.05) is 48.4 Å². The van der Waals surface area contributed by atoms with E-state index >= 15 is 0 Å². The van der Waals surface area contributed by atoms with Crippen LogP contribution in [0.1, 0.15) is 16.4 Å². The van der Waals surface area contributed by atoms with Gasteiger partial charge in [0.1, 0.15) is 0 Å². The highest BCUT2D eigenvalue weighted by atomic mass is 32.2. The van der Waals surface area contributed by atoms with E-state index in [0.29, 0.717) is 11.1 Å². The van der Waals surface area contributed by atoms with Crippen molar-refractivity contribution in [1.82, 2.24) is 24.5 Å². The van der Waals surface area contributed by atoms with Gasteiger partial charge in [0.25, 0.3) is 0 Å². The lowest BCUT2D eigenvalue weighted by molar-refractivity contribution is 0.951. The Morgan fingerprint density at radius 2 is 1.19 bits per heavy atom. The number of aromatic nitrogens is 5. The average Bonchev–Trinajstić information content (AvgIpc) is 3.82. The molecule has 0 radical (unpaired) electrons. The standard InChI is InChI=1S/C46H31N5S/c1-2-7-33(8-3-1)43-28-36-17-18-42-44(45(36)52-43)38-11-4-5-12-41(38)51(42)37-10-6-9-35(27-37)40-29-39(49-46(50-40)34-21-25-48-26-22-34)32-15-13-30(14-16-32)31-19-23-47-24-20-31/h1-27,29,43H,28H2. The molecule has 4 aromatic heterocycles. The van der Waals surface area contributed by atoms with E-state index in [1.54, 1.807) is 12.4 Å². The molecule has 10 rings (SSSR count). The van der Waals surface area contributed by atoms with Crippen LogP contribution in [0.5, 0.6) is 0 Å². The third-order valence-electron chi connectivity index (χ3n) is 9.97. The van der Waals surface area contributed by atoms with Crippen molar-refractivity contribution in [3.8, 4) is 50.7 Å². The number of fused-ring (bicyclic) bond motifs is 5. The summed E-state index contributed by atoms with van der Waals surface area (Å²) >= 11 is 2.00. The van der Waals surface area contributed by atoms with Gasteiger partial charge in [-0.1, -0.05) is 91.0 Å². The van der Waals surface area contributed by atoms with E-state index in [0.717, 1.165) is 51.3 Å². The largest absolute Gasteiger partial charge is 0.309 e. The third kappa shape index (κ3) is 5.36. The van der Waals surface area contributed by atoms with Gasteiger partial charge < -0.3 is 4.57 Å². The monoisotopic (exact) mass is 685 g/mol.